The third-order valence-electron chi connectivity index (χ3n) is 6.47. The van der Waals surface area contributed by atoms with Crippen LogP contribution in [0.5, 0.6) is 0 Å². The zero-order valence-corrected chi connectivity index (χ0v) is 27.7. The van der Waals surface area contributed by atoms with Crippen molar-refractivity contribution in [1.82, 2.24) is 0 Å². The molecule has 0 aliphatic heterocycles. The molecule has 0 spiro atoms. The topological polar surface area (TPSA) is 0 Å². The summed E-state index contributed by atoms with van der Waals surface area (Å²) in [5.74, 6) is 0. The molecule has 0 atom stereocenters. The molecule has 0 fully saturated rings. The fourth-order valence-electron chi connectivity index (χ4n) is 4.63. The molecule has 0 N–H and O–H groups in total. The Bertz CT molecular complexity index is 933. The van der Waals surface area contributed by atoms with Crippen molar-refractivity contribution < 1.29 is 0 Å². The van der Waals surface area contributed by atoms with Crippen molar-refractivity contribution in [2.45, 2.75) is 28.1 Å². The predicted octanol–water partition coefficient (Wildman–Crippen LogP) is 6.47. The minimum atomic E-state index is -2.81. The maximum atomic E-state index is 4.38. The van der Waals surface area contributed by atoms with Gasteiger partial charge in [0.1, 0.15) is 0 Å². The molecule has 0 aliphatic rings. The van der Waals surface area contributed by atoms with Crippen LogP contribution in [0.4, 0.5) is 0 Å². The summed E-state index contributed by atoms with van der Waals surface area (Å²) in [7, 11) is 0. The van der Waals surface area contributed by atoms with Crippen molar-refractivity contribution in [1.29, 1.82) is 0 Å². The van der Waals surface area contributed by atoms with E-state index in [0.29, 0.717) is 0 Å². The van der Waals surface area contributed by atoms with Gasteiger partial charge in [-0.25, -0.2) is 0 Å². The van der Waals surface area contributed by atoms with Gasteiger partial charge in [0.25, 0.3) is 0 Å². The first-order valence-corrected chi connectivity index (χ1v) is 34.3. The summed E-state index contributed by atoms with van der Waals surface area (Å²) in [6, 6.07) is 44.7. The Morgan fingerprint density at radius 1 is 0.364 bits per heavy atom. The van der Waals surface area contributed by atoms with E-state index in [1.807, 2.05) is 0 Å². The molecule has 0 bridgehead atoms. The molecular weight excluding hydrogens is 746 g/mol. The SMILES string of the molecule is [Br][Sn]([CH2]CCC[CH2][Sn]([Br])([c]1ccccc1)[c]1ccccc1)([c]1ccccc1)[c]1ccccc1. The van der Waals surface area contributed by atoms with Gasteiger partial charge in [-0.1, -0.05) is 0 Å². The van der Waals surface area contributed by atoms with E-state index in [2.05, 4.69) is 147 Å². The van der Waals surface area contributed by atoms with E-state index in [0.717, 1.165) is 0 Å². The van der Waals surface area contributed by atoms with Gasteiger partial charge in [-0.15, -0.1) is 0 Å². The van der Waals surface area contributed by atoms with Crippen molar-refractivity contribution in [2.24, 2.45) is 0 Å². The molecule has 4 aromatic carbocycles. The van der Waals surface area contributed by atoms with Gasteiger partial charge in [-0.05, 0) is 0 Å². The van der Waals surface area contributed by atoms with E-state index in [4.69, 9.17) is 0 Å². The summed E-state index contributed by atoms with van der Waals surface area (Å²) in [4.78, 5) is 0. The van der Waals surface area contributed by atoms with Crippen LogP contribution >= 0.6 is 25.4 Å². The molecule has 0 aromatic heterocycles. The zero-order valence-electron chi connectivity index (χ0n) is 18.8. The van der Waals surface area contributed by atoms with Gasteiger partial charge < -0.3 is 0 Å². The maximum absolute atomic E-state index is 4.38. The molecule has 0 saturated carbocycles. The molecule has 4 heteroatoms. The average Bonchev–Trinajstić information content (AvgIpc) is 2.90. The van der Waals surface area contributed by atoms with Gasteiger partial charge in [0, 0.05) is 0 Å². The normalized spacial score (nSPS) is 11.9. The van der Waals surface area contributed by atoms with Gasteiger partial charge in [-0.3, -0.25) is 0 Å². The fraction of sp³-hybridized carbons (Fsp3) is 0.172. The molecule has 0 radical (unpaired) electrons. The Kier molecular flexibility index (Phi) is 9.60. The molecule has 33 heavy (non-hydrogen) atoms. The van der Waals surface area contributed by atoms with Crippen molar-refractivity contribution in [3.63, 3.8) is 0 Å². The molecule has 4 aromatic rings. The van der Waals surface area contributed by atoms with E-state index < -0.39 is 32.3 Å². The number of hydrogen-bond donors (Lipinski definition) is 0. The zero-order chi connectivity index (χ0) is 23.0. The van der Waals surface area contributed by atoms with Crippen molar-refractivity contribution in [3.8, 4) is 0 Å². The first-order chi connectivity index (χ1) is 16.1. The second-order valence-electron chi connectivity index (χ2n) is 8.63. The van der Waals surface area contributed by atoms with Gasteiger partial charge in [-0.2, -0.15) is 0 Å². The molecule has 0 heterocycles. The second kappa shape index (κ2) is 12.4. The van der Waals surface area contributed by atoms with Crippen LogP contribution in [0.25, 0.3) is 0 Å². The van der Waals surface area contributed by atoms with E-state index in [9.17, 15) is 0 Å². The first-order valence-electron chi connectivity index (χ1n) is 11.7. The molecule has 0 nitrogen and oxygen atoms in total. The number of rotatable bonds is 10. The summed E-state index contributed by atoms with van der Waals surface area (Å²) in [5, 5.41) is 0. The number of hydrogen-bond acceptors (Lipinski definition) is 0. The fourth-order valence-corrected chi connectivity index (χ4v) is 33.1. The molecule has 4 rings (SSSR count). The van der Waals surface area contributed by atoms with Crippen LogP contribution in [0.3, 0.4) is 0 Å². The summed E-state index contributed by atoms with van der Waals surface area (Å²) >= 11 is 3.13. The Labute approximate surface area is 219 Å². The summed E-state index contributed by atoms with van der Waals surface area (Å²) in [5.41, 5.74) is 0. The van der Waals surface area contributed by atoms with E-state index in [1.165, 1.54) is 28.1 Å². The predicted molar refractivity (Wildman–Crippen MR) is 157 cm³/mol. The molecule has 0 aliphatic carbocycles. The van der Waals surface area contributed by atoms with Crippen LogP contribution in [0.2, 0.25) is 8.87 Å². The number of benzene rings is 4. The molecule has 0 amide bonds. The van der Waals surface area contributed by atoms with Crippen LogP contribution < -0.4 is 14.3 Å². The molecule has 0 unspecified atom stereocenters. The Morgan fingerprint density at radius 2 is 0.606 bits per heavy atom. The van der Waals surface area contributed by atoms with Gasteiger partial charge in [0.15, 0.2) is 0 Å². The van der Waals surface area contributed by atoms with Crippen LogP contribution in [0.1, 0.15) is 19.3 Å². The molecule has 0 saturated heterocycles. The van der Waals surface area contributed by atoms with Crippen LogP contribution in [0.15, 0.2) is 121 Å². The Balaban J connectivity index is 1.45. The van der Waals surface area contributed by atoms with Crippen LogP contribution in [-0.2, 0) is 0 Å². The van der Waals surface area contributed by atoms with Crippen LogP contribution in [0, 0.1) is 0 Å². The van der Waals surface area contributed by atoms with Gasteiger partial charge >= 0.3 is 222 Å². The van der Waals surface area contributed by atoms with Crippen LogP contribution in [-0.4, -0.2) is 32.3 Å². The van der Waals surface area contributed by atoms with Gasteiger partial charge in [0.2, 0.25) is 0 Å². The van der Waals surface area contributed by atoms with Gasteiger partial charge in [0.05, 0.1) is 0 Å². The average molecular weight is 776 g/mol. The Hall–Kier alpha value is -0.563. The summed E-state index contributed by atoms with van der Waals surface area (Å²) < 4.78 is 8.76. The molecule has 168 valence electrons. The van der Waals surface area contributed by atoms with Crippen molar-refractivity contribution in [3.05, 3.63) is 121 Å². The van der Waals surface area contributed by atoms with Crippen molar-refractivity contribution >= 4 is 72.0 Å². The van der Waals surface area contributed by atoms with Crippen molar-refractivity contribution in [2.75, 3.05) is 0 Å². The van der Waals surface area contributed by atoms with E-state index in [-0.39, 0.29) is 0 Å². The third-order valence-corrected chi connectivity index (χ3v) is 44.3. The minimum absolute atomic E-state index is 1.28. The quantitative estimate of drug-likeness (QED) is 0.128. The summed E-state index contributed by atoms with van der Waals surface area (Å²) in [6.45, 7) is 0. The van der Waals surface area contributed by atoms with E-state index in [1.54, 1.807) is 14.3 Å². The summed E-state index contributed by atoms with van der Waals surface area (Å²) in [6.07, 6.45) is 3.85. The second-order valence-corrected chi connectivity index (χ2v) is 45.4. The van der Waals surface area contributed by atoms with E-state index >= 15 is 0 Å². The number of halogens is 2. The number of unbranched alkanes of at least 4 members (excludes halogenated alkanes) is 2. The standard InChI is InChI=1S/4C6H5.C5H10.2BrH.2Sn/c4*1-2-4-6-5-3-1;1-3-5-4-2;;;;/h4*1-5H;1-5H2;2*1H;;/q;;;;;;;2*+1/p-2. The third kappa shape index (κ3) is 6.36. The monoisotopic (exact) mass is 776 g/mol. The molecular formula is C29H30Br2Sn2. The Morgan fingerprint density at radius 3 is 0.848 bits per heavy atom. The first kappa shape index (κ1) is 25.5.